The van der Waals surface area contributed by atoms with Crippen LogP contribution in [0.4, 0.5) is 4.39 Å². The lowest BCUT2D eigenvalue weighted by atomic mass is 10.2. The maximum absolute atomic E-state index is 13.5. The Balaban J connectivity index is 1.85. The van der Waals surface area contributed by atoms with E-state index in [-0.39, 0.29) is 0 Å². The predicted molar refractivity (Wildman–Crippen MR) is 86.1 cm³/mol. The Labute approximate surface area is 132 Å². The summed E-state index contributed by atoms with van der Waals surface area (Å²) < 4.78 is 15.2. The zero-order valence-electron chi connectivity index (χ0n) is 12.7. The van der Waals surface area contributed by atoms with Gasteiger partial charge in [0.25, 0.3) is 5.91 Å². The number of hydrogen-bond donors (Lipinski definition) is 1. The van der Waals surface area contributed by atoms with Gasteiger partial charge >= 0.3 is 0 Å². The summed E-state index contributed by atoms with van der Waals surface area (Å²) in [6.45, 7) is 3.70. The number of amides is 1. The van der Waals surface area contributed by atoms with Crippen LogP contribution in [0.5, 0.6) is 0 Å². The normalized spacial score (nSPS) is 11.3. The van der Waals surface area contributed by atoms with Gasteiger partial charge in [-0.05, 0) is 31.5 Å². The van der Waals surface area contributed by atoms with Crippen LogP contribution in [0.2, 0.25) is 0 Å². The topological polar surface area (TPSA) is 58.8 Å². The zero-order valence-corrected chi connectivity index (χ0v) is 12.7. The van der Waals surface area contributed by atoms with Gasteiger partial charge in [-0.15, -0.1) is 0 Å². The molecule has 0 aliphatic rings. The molecule has 3 rings (SSSR count). The largest absolute Gasteiger partial charge is 0.295 e. The molecule has 116 valence electrons. The van der Waals surface area contributed by atoms with E-state index in [0.29, 0.717) is 22.6 Å². The second-order valence-corrected chi connectivity index (χ2v) is 5.20. The molecule has 0 bridgehead atoms. The molecule has 2 aromatic heterocycles. The van der Waals surface area contributed by atoms with Crippen LogP contribution >= 0.6 is 0 Å². The van der Waals surface area contributed by atoms with E-state index >= 15 is 0 Å². The Morgan fingerprint density at radius 1 is 1.26 bits per heavy atom. The lowest BCUT2D eigenvalue weighted by Crippen LogP contribution is -2.20. The number of aryl methyl sites for hydroxylation is 2. The van der Waals surface area contributed by atoms with Gasteiger partial charge in [0.15, 0.2) is 0 Å². The van der Waals surface area contributed by atoms with Crippen molar-refractivity contribution in [2.75, 3.05) is 0 Å². The average molecular weight is 310 g/mol. The van der Waals surface area contributed by atoms with Crippen LogP contribution in [0.15, 0.2) is 47.7 Å². The van der Waals surface area contributed by atoms with E-state index in [1.54, 1.807) is 29.5 Å². The van der Waals surface area contributed by atoms with Crippen LogP contribution in [0.3, 0.4) is 0 Å². The first-order valence-electron chi connectivity index (χ1n) is 7.09. The fourth-order valence-electron chi connectivity index (χ4n) is 2.34. The molecular weight excluding hydrogens is 295 g/mol. The molecule has 0 unspecified atom stereocenters. The molecule has 23 heavy (non-hydrogen) atoms. The first-order chi connectivity index (χ1) is 11.1. The molecule has 0 aliphatic heterocycles. The highest BCUT2D eigenvalue weighted by Crippen LogP contribution is 2.13. The molecule has 2 heterocycles. The molecule has 6 heteroatoms. The third-order valence-electron chi connectivity index (χ3n) is 3.43. The molecule has 0 atom stereocenters. The summed E-state index contributed by atoms with van der Waals surface area (Å²) in [4.78, 5) is 16.7. The molecule has 1 aromatic carbocycles. The quantitative estimate of drug-likeness (QED) is 0.597. The second kappa shape index (κ2) is 6.00. The van der Waals surface area contributed by atoms with Crippen LogP contribution in [0.25, 0.3) is 5.65 Å². The monoisotopic (exact) mass is 310 g/mol. The maximum atomic E-state index is 13.5. The Bertz CT molecular complexity index is 914. The van der Waals surface area contributed by atoms with Crippen LogP contribution in [-0.2, 0) is 0 Å². The van der Waals surface area contributed by atoms with Crippen LogP contribution in [0, 0.1) is 19.7 Å². The minimum absolute atomic E-state index is 0.304. The molecule has 0 spiro atoms. The molecule has 1 N–H and O–H groups in total. The molecule has 0 fully saturated rings. The Morgan fingerprint density at radius 2 is 2.04 bits per heavy atom. The number of hydrazone groups is 1. The summed E-state index contributed by atoms with van der Waals surface area (Å²) in [6, 6.07) is 9.98. The predicted octanol–water partition coefficient (Wildman–Crippen LogP) is 2.85. The highest BCUT2D eigenvalue weighted by atomic mass is 19.1. The van der Waals surface area contributed by atoms with Gasteiger partial charge in [0.05, 0.1) is 11.9 Å². The number of aromatic nitrogens is 2. The van der Waals surface area contributed by atoms with Crippen molar-refractivity contribution in [3.63, 3.8) is 0 Å². The number of halogens is 1. The minimum Gasteiger partial charge on any atom is -0.295 e. The number of nitrogens with zero attached hydrogens (tertiary/aromatic N) is 3. The van der Waals surface area contributed by atoms with Gasteiger partial charge in [0, 0.05) is 11.8 Å². The molecule has 3 aromatic rings. The van der Waals surface area contributed by atoms with E-state index in [0.717, 1.165) is 5.56 Å². The number of nitrogens with one attached hydrogen (secondary N) is 1. The number of fused-ring (bicyclic) bond motifs is 1. The molecule has 0 radical (unpaired) electrons. The lowest BCUT2D eigenvalue weighted by Gasteiger charge is -2.02. The summed E-state index contributed by atoms with van der Waals surface area (Å²) in [7, 11) is 0. The number of carbonyl (C=O) groups excluding carboxylic acids is 1. The number of rotatable bonds is 3. The first-order valence-corrected chi connectivity index (χ1v) is 7.09. The number of imidazole rings is 1. The SMILES string of the molecule is Cc1ccc2nc(C)c(C(=O)N/N=C\c3ccccc3F)n2c1. The molecule has 1 amide bonds. The highest BCUT2D eigenvalue weighted by molar-refractivity contribution is 5.95. The highest BCUT2D eigenvalue weighted by Gasteiger charge is 2.16. The van der Waals surface area contributed by atoms with Gasteiger partial charge < -0.3 is 0 Å². The van der Waals surface area contributed by atoms with Crippen molar-refractivity contribution in [3.05, 3.63) is 70.9 Å². The fourth-order valence-corrected chi connectivity index (χ4v) is 2.34. The maximum Gasteiger partial charge on any atom is 0.290 e. The number of benzene rings is 1. The van der Waals surface area contributed by atoms with E-state index in [2.05, 4.69) is 15.5 Å². The molecule has 0 aliphatic carbocycles. The van der Waals surface area contributed by atoms with Gasteiger partial charge in [0.2, 0.25) is 0 Å². The molecular formula is C17H15FN4O. The van der Waals surface area contributed by atoms with Gasteiger partial charge in [-0.3, -0.25) is 9.20 Å². The summed E-state index contributed by atoms with van der Waals surface area (Å²) >= 11 is 0. The van der Waals surface area contributed by atoms with Gasteiger partial charge in [-0.25, -0.2) is 14.8 Å². The number of pyridine rings is 1. The summed E-state index contributed by atoms with van der Waals surface area (Å²) in [6.07, 6.45) is 3.11. The van der Waals surface area contributed by atoms with Gasteiger partial charge in [-0.1, -0.05) is 24.3 Å². The van der Waals surface area contributed by atoms with Crippen LogP contribution in [0.1, 0.15) is 27.3 Å². The minimum atomic E-state index is -0.396. The first kappa shape index (κ1) is 14.9. The molecule has 0 saturated heterocycles. The van der Waals surface area contributed by atoms with Crippen molar-refractivity contribution in [1.29, 1.82) is 0 Å². The van der Waals surface area contributed by atoms with Crippen molar-refractivity contribution in [3.8, 4) is 0 Å². The van der Waals surface area contributed by atoms with Crippen molar-refractivity contribution in [2.45, 2.75) is 13.8 Å². The number of carbonyl (C=O) groups is 1. The third-order valence-corrected chi connectivity index (χ3v) is 3.43. The van der Waals surface area contributed by atoms with Gasteiger partial charge in [0.1, 0.15) is 17.2 Å². The Kier molecular flexibility index (Phi) is 3.89. The van der Waals surface area contributed by atoms with E-state index in [1.165, 1.54) is 12.3 Å². The van der Waals surface area contributed by atoms with E-state index < -0.39 is 11.7 Å². The van der Waals surface area contributed by atoms with Crippen molar-refractivity contribution in [2.24, 2.45) is 5.10 Å². The Hall–Kier alpha value is -3.02. The van der Waals surface area contributed by atoms with Crippen molar-refractivity contribution >= 4 is 17.8 Å². The smallest absolute Gasteiger partial charge is 0.290 e. The van der Waals surface area contributed by atoms with Crippen molar-refractivity contribution < 1.29 is 9.18 Å². The third kappa shape index (κ3) is 2.96. The van der Waals surface area contributed by atoms with E-state index in [9.17, 15) is 9.18 Å². The molecule has 0 saturated carbocycles. The fraction of sp³-hybridized carbons (Fsp3) is 0.118. The lowest BCUT2D eigenvalue weighted by molar-refractivity contribution is 0.0948. The van der Waals surface area contributed by atoms with E-state index in [4.69, 9.17) is 0 Å². The standard InChI is InChI=1S/C17H15FN4O/c1-11-7-8-15-20-12(2)16(22(15)10-11)17(23)21-19-9-13-5-3-4-6-14(13)18/h3-10H,1-2H3,(H,21,23)/b19-9-. The van der Waals surface area contributed by atoms with Crippen LogP contribution < -0.4 is 5.43 Å². The molecule has 5 nitrogen and oxygen atoms in total. The zero-order chi connectivity index (χ0) is 16.4. The summed E-state index contributed by atoms with van der Waals surface area (Å²) in [5.41, 5.74) is 5.44. The summed E-state index contributed by atoms with van der Waals surface area (Å²) in [5, 5.41) is 3.82. The van der Waals surface area contributed by atoms with Crippen LogP contribution in [-0.4, -0.2) is 21.5 Å². The average Bonchev–Trinajstić information content (AvgIpc) is 2.84. The van der Waals surface area contributed by atoms with E-state index in [1.807, 2.05) is 25.3 Å². The Morgan fingerprint density at radius 3 is 2.83 bits per heavy atom. The van der Waals surface area contributed by atoms with Crippen molar-refractivity contribution in [1.82, 2.24) is 14.8 Å². The second-order valence-electron chi connectivity index (χ2n) is 5.20. The summed E-state index contributed by atoms with van der Waals surface area (Å²) in [5.74, 6) is -0.791. The van der Waals surface area contributed by atoms with Gasteiger partial charge in [-0.2, -0.15) is 5.10 Å². The number of hydrogen-bond acceptors (Lipinski definition) is 3.